The van der Waals surface area contributed by atoms with Crippen molar-refractivity contribution in [3.8, 4) is 0 Å². The maximum absolute atomic E-state index is 14.1. The molecule has 2 bridgehead atoms. The largest absolute Gasteiger partial charge is 0.416 e. The first-order chi connectivity index (χ1) is 16.1. The number of alkyl halides is 3. The van der Waals surface area contributed by atoms with Crippen molar-refractivity contribution >= 4 is 40.4 Å². The topological polar surface area (TPSA) is 68.4 Å². The minimum Gasteiger partial charge on any atom is -0.370 e. The number of nitrogens with one attached hydrogen (secondary N) is 2. The van der Waals surface area contributed by atoms with Crippen LogP contribution in [0.15, 0.2) is 47.3 Å². The Morgan fingerprint density at radius 1 is 0.941 bits per heavy atom. The third kappa shape index (κ3) is 3.77. The van der Waals surface area contributed by atoms with E-state index < -0.39 is 29.0 Å². The zero-order valence-electron chi connectivity index (χ0n) is 17.5. The number of nitrogens with zero attached hydrogens (tertiary/aromatic N) is 2. The molecule has 5 rings (SSSR count). The number of benzene rings is 2. The Balaban J connectivity index is 1.78. The fraction of sp³-hybridized carbons (Fsp3) is 0.217. The summed E-state index contributed by atoms with van der Waals surface area (Å²) in [7, 11) is 0. The highest BCUT2D eigenvalue weighted by atomic mass is 35.5. The molecule has 3 heterocycles. The molecule has 0 fully saturated rings. The van der Waals surface area contributed by atoms with Crippen molar-refractivity contribution < 1.29 is 22.4 Å². The minimum absolute atomic E-state index is 0.0904. The zero-order chi connectivity index (χ0) is 24.2. The molecular weight excluding hydrogens is 476 g/mol. The number of pyridine rings is 1. The summed E-state index contributed by atoms with van der Waals surface area (Å²) in [5.74, 6) is -0.916. The van der Waals surface area contributed by atoms with Gasteiger partial charge < -0.3 is 15.2 Å². The molecule has 3 aromatic rings. The van der Waals surface area contributed by atoms with Crippen LogP contribution in [0.4, 0.5) is 40.4 Å². The van der Waals surface area contributed by atoms with E-state index in [9.17, 15) is 27.2 Å². The monoisotopic (exact) mass is 492 g/mol. The lowest BCUT2D eigenvalue weighted by Crippen LogP contribution is -2.45. The molecule has 0 saturated heterocycles. The van der Waals surface area contributed by atoms with Crippen LogP contribution in [0.5, 0.6) is 0 Å². The Hall–Kier alpha value is -3.53. The number of aromatic nitrogens is 1. The van der Waals surface area contributed by atoms with Crippen LogP contribution in [-0.2, 0) is 12.6 Å². The average Bonchev–Trinajstić information content (AvgIpc) is 2.81. The summed E-state index contributed by atoms with van der Waals surface area (Å²) < 4.78 is 54.5. The van der Waals surface area contributed by atoms with E-state index in [1.54, 1.807) is 11.0 Å². The Morgan fingerprint density at radius 2 is 1.71 bits per heavy atom. The van der Waals surface area contributed by atoms with Gasteiger partial charge in [0.25, 0.3) is 11.5 Å². The SMILES string of the molecule is O=C1c2cc(C(F)(F)F)ccc2N2CN1c1cc(Cl)c(=O)[nH]c1NCCCc1cc(F)ccc12. The highest BCUT2D eigenvalue weighted by molar-refractivity contribution is 6.31. The number of rotatable bonds is 0. The van der Waals surface area contributed by atoms with Crippen LogP contribution in [0, 0.1) is 5.82 Å². The summed E-state index contributed by atoms with van der Waals surface area (Å²) in [6.45, 7) is 0.292. The number of aromatic amines is 1. The van der Waals surface area contributed by atoms with E-state index in [0.29, 0.717) is 30.6 Å². The predicted molar refractivity (Wildman–Crippen MR) is 121 cm³/mol. The van der Waals surface area contributed by atoms with Gasteiger partial charge in [0, 0.05) is 12.2 Å². The van der Waals surface area contributed by atoms with Gasteiger partial charge in [-0.15, -0.1) is 0 Å². The third-order valence-electron chi connectivity index (χ3n) is 5.90. The van der Waals surface area contributed by atoms with Crippen LogP contribution in [0.2, 0.25) is 5.02 Å². The van der Waals surface area contributed by atoms with Crippen molar-refractivity contribution in [1.82, 2.24) is 4.98 Å². The first-order valence-electron chi connectivity index (χ1n) is 10.4. The number of carbonyl (C=O) groups excluding carboxylic acids is 1. The molecule has 34 heavy (non-hydrogen) atoms. The van der Waals surface area contributed by atoms with Gasteiger partial charge in [-0.25, -0.2) is 4.39 Å². The van der Waals surface area contributed by atoms with E-state index >= 15 is 0 Å². The number of aryl methyl sites for hydroxylation is 1. The van der Waals surface area contributed by atoms with Crippen molar-refractivity contribution in [2.45, 2.75) is 19.0 Å². The van der Waals surface area contributed by atoms with Gasteiger partial charge in [0.05, 0.1) is 22.5 Å². The standard InChI is InChI=1S/C23H17ClF4N4O2/c24-16-10-19-20(30-21(16)33)29-7-1-2-12-8-14(25)4-6-17(12)31-11-32(19)22(34)15-9-13(23(26,27)28)3-5-18(15)31/h3-6,8-10H,1-2,7,11H2,(H2,29,30,33). The lowest BCUT2D eigenvalue weighted by molar-refractivity contribution is -0.137. The van der Waals surface area contributed by atoms with E-state index in [1.807, 2.05) is 0 Å². The molecule has 0 saturated carbocycles. The van der Waals surface area contributed by atoms with E-state index in [4.69, 9.17) is 11.6 Å². The summed E-state index contributed by atoms with van der Waals surface area (Å²) in [5.41, 5.74) is -0.0288. The van der Waals surface area contributed by atoms with Crippen LogP contribution >= 0.6 is 11.6 Å². The normalized spacial score (nSPS) is 15.6. The van der Waals surface area contributed by atoms with Gasteiger partial charge in [-0.05, 0) is 60.9 Å². The second-order valence-corrected chi connectivity index (χ2v) is 8.45. The second-order valence-electron chi connectivity index (χ2n) is 8.04. The van der Waals surface area contributed by atoms with E-state index in [1.165, 1.54) is 29.2 Å². The van der Waals surface area contributed by atoms with Crippen molar-refractivity contribution in [2.24, 2.45) is 0 Å². The molecule has 2 N–H and O–H groups in total. The van der Waals surface area contributed by atoms with Crippen LogP contribution in [0.3, 0.4) is 0 Å². The first kappa shape index (κ1) is 22.3. The van der Waals surface area contributed by atoms with Crippen LogP contribution in [0.25, 0.3) is 0 Å². The van der Waals surface area contributed by atoms with Gasteiger partial charge in [-0.3, -0.25) is 14.5 Å². The molecule has 2 aromatic carbocycles. The van der Waals surface area contributed by atoms with Crippen molar-refractivity contribution in [2.75, 3.05) is 28.3 Å². The lowest BCUT2D eigenvalue weighted by Gasteiger charge is -2.39. The summed E-state index contributed by atoms with van der Waals surface area (Å²) in [5, 5.41) is 2.88. The maximum atomic E-state index is 14.1. The van der Waals surface area contributed by atoms with Gasteiger partial charge in [0.2, 0.25) is 0 Å². The van der Waals surface area contributed by atoms with Gasteiger partial charge in [-0.1, -0.05) is 11.6 Å². The Morgan fingerprint density at radius 3 is 2.47 bits per heavy atom. The number of halogens is 5. The molecule has 6 nitrogen and oxygen atoms in total. The Labute approximate surface area is 195 Å². The van der Waals surface area contributed by atoms with E-state index in [-0.39, 0.29) is 34.4 Å². The molecule has 0 aliphatic carbocycles. The summed E-state index contributed by atoms with van der Waals surface area (Å²) in [4.78, 5) is 31.1. The molecule has 1 amide bonds. The molecule has 1 aromatic heterocycles. The lowest BCUT2D eigenvalue weighted by atomic mass is 10.0. The highest BCUT2D eigenvalue weighted by Gasteiger charge is 2.37. The quantitative estimate of drug-likeness (QED) is 0.418. The van der Waals surface area contributed by atoms with Crippen molar-refractivity contribution in [1.29, 1.82) is 0 Å². The van der Waals surface area contributed by atoms with Crippen LogP contribution in [0.1, 0.15) is 27.9 Å². The fourth-order valence-electron chi connectivity index (χ4n) is 4.29. The number of fused-ring (bicyclic) bond motifs is 8. The Bertz CT molecular complexity index is 1370. The zero-order valence-corrected chi connectivity index (χ0v) is 18.2. The average molecular weight is 493 g/mol. The summed E-state index contributed by atoms with van der Waals surface area (Å²) in [6.07, 6.45) is -3.64. The minimum atomic E-state index is -4.65. The highest BCUT2D eigenvalue weighted by Crippen LogP contribution is 2.42. The molecule has 2 aliphatic heterocycles. The molecule has 11 heteroatoms. The number of hydrogen-bond acceptors (Lipinski definition) is 4. The van der Waals surface area contributed by atoms with Crippen molar-refractivity contribution in [3.05, 3.63) is 80.3 Å². The molecule has 0 spiro atoms. The van der Waals surface area contributed by atoms with Crippen LogP contribution in [-0.4, -0.2) is 24.1 Å². The molecule has 0 atom stereocenters. The number of hydrogen-bond donors (Lipinski definition) is 2. The fourth-order valence-corrected chi connectivity index (χ4v) is 4.44. The second kappa shape index (κ2) is 8.05. The molecule has 176 valence electrons. The molecule has 2 aliphatic rings. The summed E-state index contributed by atoms with van der Waals surface area (Å²) >= 11 is 6.04. The van der Waals surface area contributed by atoms with E-state index in [0.717, 1.165) is 12.1 Å². The van der Waals surface area contributed by atoms with Gasteiger partial charge >= 0.3 is 6.18 Å². The van der Waals surface area contributed by atoms with Gasteiger partial charge in [0.1, 0.15) is 23.3 Å². The first-order valence-corrected chi connectivity index (χ1v) is 10.8. The Kier molecular flexibility index (Phi) is 5.27. The summed E-state index contributed by atoms with van der Waals surface area (Å²) in [6, 6.07) is 8.47. The van der Waals surface area contributed by atoms with Crippen LogP contribution < -0.4 is 20.7 Å². The number of carbonyl (C=O) groups is 1. The smallest absolute Gasteiger partial charge is 0.370 e. The predicted octanol–water partition coefficient (Wildman–Crippen LogP) is 5.30. The third-order valence-corrected chi connectivity index (χ3v) is 6.18. The van der Waals surface area contributed by atoms with Gasteiger partial charge in [-0.2, -0.15) is 13.2 Å². The number of anilines is 4. The maximum Gasteiger partial charge on any atom is 0.416 e. The van der Waals surface area contributed by atoms with Crippen molar-refractivity contribution in [3.63, 3.8) is 0 Å². The number of H-pyrrole nitrogens is 1. The molecule has 0 unspecified atom stereocenters. The number of amides is 1. The molecular formula is C23H17ClF4N4O2. The van der Waals surface area contributed by atoms with Gasteiger partial charge in [0.15, 0.2) is 0 Å². The molecule has 0 radical (unpaired) electrons. The van der Waals surface area contributed by atoms with E-state index in [2.05, 4.69) is 10.3 Å².